The van der Waals surface area contributed by atoms with Crippen molar-refractivity contribution in [1.29, 1.82) is 0 Å². The van der Waals surface area contributed by atoms with Gasteiger partial charge >= 0.3 is 6.18 Å². The standard InChI is InChI=1S/C14H17BrF3NO/c1-20-11-5-6-12(15)13(8-11)19-10-4-2-3-9(7-10)14(16,17)18/h5-6,8-10,19H,2-4,7H2,1H3. The quantitative estimate of drug-likeness (QED) is 0.828. The van der Waals surface area contributed by atoms with E-state index >= 15 is 0 Å². The lowest BCUT2D eigenvalue weighted by Crippen LogP contribution is -2.34. The molecule has 2 atom stereocenters. The summed E-state index contributed by atoms with van der Waals surface area (Å²) in [5, 5.41) is 3.20. The molecule has 1 N–H and O–H groups in total. The van der Waals surface area contributed by atoms with E-state index in [-0.39, 0.29) is 18.9 Å². The molecule has 0 spiro atoms. The fourth-order valence-electron chi connectivity index (χ4n) is 2.58. The third kappa shape index (κ3) is 3.81. The number of ether oxygens (including phenoxy) is 1. The van der Waals surface area contributed by atoms with Gasteiger partial charge in [-0.15, -0.1) is 0 Å². The number of hydrogen-bond acceptors (Lipinski definition) is 2. The van der Waals surface area contributed by atoms with Crippen LogP contribution in [-0.2, 0) is 0 Å². The van der Waals surface area contributed by atoms with Crippen LogP contribution in [0, 0.1) is 5.92 Å². The predicted molar refractivity (Wildman–Crippen MR) is 76.1 cm³/mol. The van der Waals surface area contributed by atoms with E-state index in [4.69, 9.17) is 4.74 Å². The number of benzene rings is 1. The Hall–Kier alpha value is -0.910. The molecule has 0 bridgehead atoms. The summed E-state index contributed by atoms with van der Waals surface area (Å²) < 4.78 is 44.3. The summed E-state index contributed by atoms with van der Waals surface area (Å²) in [6.45, 7) is 0. The van der Waals surface area contributed by atoms with E-state index in [1.165, 1.54) is 0 Å². The molecule has 0 amide bonds. The zero-order chi connectivity index (χ0) is 14.8. The monoisotopic (exact) mass is 351 g/mol. The molecule has 2 unspecified atom stereocenters. The van der Waals surface area contributed by atoms with Gasteiger partial charge in [-0.1, -0.05) is 6.42 Å². The Kier molecular flexibility index (Phi) is 4.83. The Bertz CT molecular complexity index is 464. The molecule has 0 aliphatic heterocycles. The minimum atomic E-state index is -4.09. The number of alkyl halides is 3. The van der Waals surface area contributed by atoms with E-state index < -0.39 is 12.1 Å². The van der Waals surface area contributed by atoms with Crippen LogP contribution in [0.25, 0.3) is 0 Å². The molecule has 0 radical (unpaired) electrons. The van der Waals surface area contributed by atoms with E-state index in [0.717, 1.165) is 16.6 Å². The predicted octanol–water partition coefficient (Wildman–Crippen LogP) is 4.99. The lowest BCUT2D eigenvalue weighted by atomic mass is 9.85. The van der Waals surface area contributed by atoms with Crippen molar-refractivity contribution in [3.63, 3.8) is 0 Å². The Morgan fingerprint density at radius 3 is 2.70 bits per heavy atom. The highest BCUT2D eigenvalue weighted by Gasteiger charge is 2.42. The highest BCUT2D eigenvalue weighted by molar-refractivity contribution is 9.10. The average molecular weight is 352 g/mol. The minimum absolute atomic E-state index is 0.132. The van der Waals surface area contributed by atoms with Gasteiger partial charge in [-0.2, -0.15) is 13.2 Å². The molecule has 6 heteroatoms. The van der Waals surface area contributed by atoms with Crippen molar-refractivity contribution in [3.05, 3.63) is 22.7 Å². The topological polar surface area (TPSA) is 21.3 Å². The van der Waals surface area contributed by atoms with Gasteiger partial charge in [0.15, 0.2) is 0 Å². The fraction of sp³-hybridized carbons (Fsp3) is 0.571. The summed E-state index contributed by atoms with van der Waals surface area (Å²) in [5.41, 5.74) is 0.775. The Morgan fingerprint density at radius 1 is 1.30 bits per heavy atom. The number of anilines is 1. The van der Waals surface area contributed by atoms with Gasteiger partial charge < -0.3 is 10.1 Å². The lowest BCUT2D eigenvalue weighted by molar-refractivity contribution is -0.182. The van der Waals surface area contributed by atoms with Crippen molar-refractivity contribution in [2.75, 3.05) is 12.4 Å². The molecule has 2 rings (SSSR count). The summed E-state index contributed by atoms with van der Waals surface area (Å²) in [7, 11) is 1.56. The smallest absolute Gasteiger partial charge is 0.391 e. The van der Waals surface area contributed by atoms with Crippen molar-refractivity contribution < 1.29 is 17.9 Å². The van der Waals surface area contributed by atoms with Gasteiger partial charge in [0, 0.05) is 16.6 Å². The van der Waals surface area contributed by atoms with Crippen LogP contribution in [-0.4, -0.2) is 19.3 Å². The zero-order valence-corrected chi connectivity index (χ0v) is 12.7. The summed E-state index contributed by atoms with van der Waals surface area (Å²) in [4.78, 5) is 0. The lowest BCUT2D eigenvalue weighted by Gasteiger charge is -2.31. The second-order valence-corrected chi connectivity index (χ2v) is 5.95. The van der Waals surface area contributed by atoms with Gasteiger partial charge in [-0.05, 0) is 47.3 Å². The van der Waals surface area contributed by atoms with E-state index in [0.29, 0.717) is 12.2 Å². The van der Waals surface area contributed by atoms with Crippen LogP contribution in [0.4, 0.5) is 18.9 Å². The zero-order valence-electron chi connectivity index (χ0n) is 11.1. The van der Waals surface area contributed by atoms with Crippen molar-refractivity contribution in [1.82, 2.24) is 0 Å². The Morgan fingerprint density at radius 2 is 2.05 bits per heavy atom. The van der Waals surface area contributed by atoms with Gasteiger partial charge in [0.25, 0.3) is 0 Å². The molecule has 1 aliphatic rings. The first-order chi connectivity index (χ1) is 9.40. The van der Waals surface area contributed by atoms with Crippen LogP contribution in [0.1, 0.15) is 25.7 Å². The molecule has 1 aliphatic carbocycles. The molecule has 1 fully saturated rings. The number of halogens is 4. The number of methoxy groups -OCH3 is 1. The molecule has 2 nitrogen and oxygen atoms in total. The molecular weight excluding hydrogens is 335 g/mol. The normalized spacial score (nSPS) is 23.4. The van der Waals surface area contributed by atoms with Crippen LogP contribution in [0.5, 0.6) is 5.75 Å². The maximum Gasteiger partial charge on any atom is 0.391 e. The second kappa shape index (κ2) is 6.24. The van der Waals surface area contributed by atoms with Gasteiger partial charge in [-0.25, -0.2) is 0 Å². The molecule has 0 heterocycles. The number of nitrogens with one attached hydrogen (secondary N) is 1. The van der Waals surface area contributed by atoms with Crippen LogP contribution >= 0.6 is 15.9 Å². The summed E-state index contributed by atoms with van der Waals surface area (Å²) >= 11 is 3.40. The van der Waals surface area contributed by atoms with Gasteiger partial charge in [0.1, 0.15) is 5.75 Å². The van der Waals surface area contributed by atoms with Gasteiger partial charge in [-0.3, -0.25) is 0 Å². The van der Waals surface area contributed by atoms with Crippen molar-refractivity contribution in [2.45, 2.75) is 37.9 Å². The van der Waals surface area contributed by atoms with Crippen LogP contribution in [0.15, 0.2) is 22.7 Å². The first-order valence-electron chi connectivity index (χ1n) is 6.57. The number of rotatable bonds is 3. The Balaban J connectivity index is 2.06. The average Bonchev–Trinajstić information content (AvgIpc) is 2.41. The molecule has 1 saturated carbocycles. The summed E-state index contributed by atoms with van der Waals surface area (Å²) in [6.07, 6.45) is -2.36. The fourth-order valence-corrected chi connectivity index (χ4v) is 2.94. The van der Waals surface area contributed by atoms with Crippen LogP contribution in [0.2, 0.25) is 0 Å². The van der Waals surface area contributed by atoms with E-state index in [1.54, 1.807) is 19.2 Å². The third-order valence-electron chi connectivity index (χ3n) is 3.67. The molecular formula is C14H17BrF3NO. The maximum atomic E-state index is 12.8. The van der Waals surface area contributed by atoms with Gasteiger partial charge in [0.2, 0.25) is 0 Å². The molecule has 0 saturated heterocycles. The highest BCUT2D eigenvalue weighted by Crippen LogP contribution is 2.39. The van der Waals surface area contributed by atoms with E-state index in [2.05, 4.69) is 21.2 Å². The summed E-state index contributed by atoms with van der Waals surface area (Å²) in [6, 6.07) is 5.26. The SMILES string of the molecule is COc1ccc(Br)c(NC2CCCC(C(F)(F)F)C2)c1. The number of hydrogen-bond donors (Lipinski definition) is 1. The maximum absolute atomic E-state index is 12.8. The van der Waals surface area contributed by atoms with E-state index in [1.807, 2.05) is 6.07 Å². The summed E-state index contributed by atoms with van der Waals surface area (Å²) in [5.74, 6) is -0.517. The van der Waals surface area contributed by atoms with E-state index in [9.17, 15) is 13.2 Å². The van der Waals surface area contributed by atoms with Crippen molar-refractivity contribution in [2.24, 2.45) is 5.92 Å². The molecule has 112 valence electrons. The molecule has 1 aromatic rings. The largest absolute Gasteiger partial charge is 0.497 e. The Labute approximate surface area is 124 Å². The minimum Gasteiger partial charge on any atom is -0.497 e. The first-order valence-corrected chi connectivity index (χ1v) is 7.36. The third-order valence-corrected chi connectivity index (χ3v) is 4.36. The first kappa shape index (κ1) is 15.5. The van der Waals surface area contributed by atoms with Crippen molar-refractivity contribution in [3.8, 4) is 5.75 Å². The van der Waals surface area contributed by atoms with Gasteiger partial charge in [0.05, 0.1) is 18.7 Å². The molecule has 20 heavy (non-hydrogen) atoms. The van der Waals surface area contributed by atoms with Crippen molar-refractivity contribution >= 4 is 21.6 Å². The van der Waals surface area contributed by atoms with Crippen LogP contribution < -0.4 is 10.1 Å². The molecule has 0 aromatic heterocycles. The molecule has 1 aromatic carbocycles. The van der Waals surface area contributed by atoms with Crippen LogP contribution in [0.3, 0.4) is 0 Å². The second-order valence-electron chi connectivity index (χ2n) is 5.09. The highest BCUT2D eigenvalue weighted by atomic mass is 79.9.